The van der Waals surface area contributed by atoms with Crippen LogP contribution < -0.4 is 4.74 Å². The average Bonchev–Trinajstić information content (AvgIpc) is 3.45. The average molecular weight is 589 g/mol. The van der Waals surface area contributed by atoms with Crippen molar-refractivity contribution in [1.29, 1.82) is 0 Å². The highest BCUT2D eigenvalue weighted by Gasteiger charge is 2.34. The van der Waals surface area contributed by atoms with Crippen molar-refractivity contribution in [2.45, 2.75) is 52.7 Å². The first-order valence-corrected chi connectivity index (χ1v) is 15.6. The summed E-state index contributed by atoms with van der Waals surface area (Å²) < 4.78 is 12.3. The van der Waals surface area contributed by atoms with Crippen molar-refractivity contribution in [3.05, 3.63) is 104 Å². The monoisotopic (exact) mass is 588 g/mol. The van der Waals surface area contributed by atoms with E-state index in [0.29, 0.717) is 37.7 Å². The number of hydrogen-bond acceptors (Lipinski definition) is 7. The Morgan fingerprint density at radius 1 is 1.10 bits per heavy atom. The van der Waals surface area contributed by atoms with Crippen LogP contribution in [0.3, 0.4) is 0 Å². The molecule has 0 saturated carbocycles. The molecule has 2 aromatic carbocycles. The Bertz CT molecular complexity index is 1370. The van der Waals surface area contributed by atoms with Crippen molar-refractivity contribution in [3.63, 3.8) is 0 Å². The molecular formula is C34H42N3O4S+. The van der Waals surface area contributed by atoms with Gasteiger partial charge in [0.15, 0.2) is 11.6 Å². The maximum atomic E-state index is 13.7. The zero-order valence-corrected chi connectivity index (χ0v) is 25.9. The zero-order chi connectivity index (χ0) is 29.9. The number of esters is 1. The molecule has 0 spiro atoms. The fourth-order valence-electron chi connectivity index (χ4n) is 5.06. The third kappa shape index (κ3) is 9.46. The van der Waals surface area contributed by atoms with Crippen LogP contribution in [-0.4, -0.2) is 53.9 Å². The Balaban J connectivity index is 1.49. The lowest BCUT2D eigenvalue weighted by Crippen LogP contribution is -2.34. The number of ether oxygens (including phenoxy) is 2. The molecule has 1 saturated heterocycles. The van der Waals surface area contributed by atoms with E-state index in [9.17, 15) is 9.70 Å². The van der Waals surface area contributed by atoms with Gasteiger partial charge in [-0.1, -0.05) is 42.5 Å². The predicted molar refractivity (Wildman–Crippen MR) is 169 cm³/mol. The number of nitrogens with zero attached hydrogens (tertiary/aromatic N) is 3. The maximum absolute atomic E-state index is 13.7. The van der Waals surface area contributed by atoms with Crippen molar-refractivity contribution in [2.24, 2.45) is 5.92 Å². The third-order valence-corrected chi connectivity index (χ3v) is 8.43. The number of hydrogen-bond donors (Lipinski definition) is 0. The summed E-state index contributed by atoms with van der Waals surface area (Å²) in [6.07, 6.45) is 6.37. The highest BCUT2D eigenvalue weighted by atomic mass is 32.1. The second-order valence-corrected chi connectivity index (χ2v) is 11.9. The van der Waals surface area contributed by atoms with Gasteiger partial charge in [-0.25, -0.2) is 9.78 Å². The molecule has 42 heavy (non-hydrogen) atoms. The van der Waals surface area contributed by atoms with E-state index in [1.54, 1.807) is 19.9 Å². The number of rotatable bonds is 13. The summed E-state index contributed by atoms with van der Waals surface area (Å²) in [5.74, 6) is 0.858. The molecule has 1 atom stereocenters. The molecule has 0 radical (unpaired) electrons. The number of allylic oxidation sites excluding steroid dienone is 2. The second kappa shape index (κ2) is 15.6. The van der Waals surface area contributed by atoms with Crippen LogP contribution in [-0.2, 0) is 22.6 Å². The largest absolute Gasteiger partial charge is 0.489 e. The van der Waals surface area contributed by atoms with Crippen molar-refractivity contribution >= 4 is 23.4 Å². The summed E-state index contributed by atoms with van der Waals surface area (Å²) in [6.45, 7) is 8.88. The number of carbonyl (C=O) groups excluding carboxylic acids is 1. The quantitative estimate of drug-likeness (QED) is 0.0923. The van der Waals surface area contributed by atoms with Crippen molar-refractivity contribution in [1.82, 2.24) is 9.88 Å². The lowest BCUT2D eigenvalue weighted by atomic mass is 9.96. The summed E-state index contributed by atoms with van der Waals surface area (Å²) in [5, 5.41) is 2.77. The maximum Gasteiger partial charge on any atom is 0.333 e. The molecule has 0 N–H and O–H groups in total. The van der Waals surface area contributed by atoms with Gasteiger partial charge in [-0.05, 0) is 94.7 Å². The standard InChI is InChI=1S/C34H42N3O4S/c1-5-40-34(38)26(3)19-25(2)20-30-24-42-33(35-30)32(37(39)22-28-15-17-36(4)18-16-28)21-27-11-13-31(14-12-27)41-23-29-9-7-6-8-10-29/h6-14,19-20,24,28,32H,5,15-18,21-23H2,1-4H3/q+1/b25-20+,26-19-/t32-/m0/s1. The molecule has 7 nitrogen and oxygen atoms in total. The van der Waals surface area contributed by atoms with E-state index in [1.807, 2.05) is 73.0 Å². The highest BCUT2D eigenvalue weighted by Crippen LogP contribution is 2.29. The molecule has 0 amide bonds. The van der Waals surface area contributed by atoms with Crippen molar-refractivity contribution in [3.8, 4) is 5.75 Å². The molecule has 1 fully saturated rings. The van der Waals surface area contributed by atoms with Gasteiger partial charge in [0, 0.05) is 33.0 Å². The fourth-order valence-corrected chi connectivity index (χ4v) is 5.94. The van der Waals surface area contributed by atoms with E-state index < -0.39 is 0 Å². The van der Waals surface area contributed by atoms with E-state index in [2.05, 4.69) is 11.9 Å². The summed E-state index contributed by atoms with van der Waals surface area (Å²) in [7, 11) is 2.14. The highest BCUT2D eigenvalue weighted by molar-refractivity contribution is 7.09. The molecular weight excluding hydrogens is 546 g/mol. The van der Waals surface area contributed by atoms with Gasteiger partial charge < -0.3 is 14.4 Å². The van der Waals surface area contributed by atoms with E-state index in [1.165, 1.54) is 16.1 Å². The number of nitroso groups, excluding NO2 is 1. The minimum atomic E-state index is -0.384. The van der Waals surface area contributed by atoms with E-state index in [4.69, 9.17) is 14.5 Å². The minimum Gasteiger partial charge on any atom is -0.489 e. The topological polar surface area (TPSA) is 71.7 Å². The SMILES string of the molecule is CCOC(=O)/C(C)=C\C(C)=C\c1csc([C@H](Cc2ccc(OCc3ccccc3)cc2)[N+](=O)CC2CCN(C)CC2)n1. The van der Waals surface area contributed by atoms with Crippen LogP contribution in [0.5, 0.6) is 5.75 Å². The van der Waals surface area contributed by atoms with Gasteiger partial charge in [0.1, 0.15) is 12.4 Å². The molecule has 1 aliphatic heterocycles. The van der Waals surface area contributed by atoms with Crippen LogP contribution >= 0.6 is 11.3 Å². The van der Waals surface area contributed by atoms with Crippen LogP contribution in [0.1, 0.15) is 61.5 Å². The minimum absolute atomic E-state index is 0.323. The lowest BCUT2D eigenvalue weighted by molar-refractivity contribution is -0.599. The number of benzene rings is 2. The van der Waals surface area contributed by atoms with Crippen molar-refractivity contribution in [2.75, 3.05) is 33.3 Å². The van der Waals surface area contributed by atoms with Crippen LogP contribution in [0.25, 0.3) is 6.08 Å². The van der Waals surface area contributed by atoms with E-state index in [-0.39, 0.29) is 12.0 Å². The lowest BCUT2D eigenvalue weighted by Gasteiger charge is -2.26. The fraction of sp³-hybridized carbons (Fsp3) is 0.412. The summed E-state index contributed by atoms with van der Waals surface area (Å²) in [5.41, 5.74) is 4.40. The Hall–Kier alpha value is -3.62. The second-order valence-electron chi connectivity index (χ2n) is 11.0. The van der Waals surface area contributed by atoms with Crippen LogP contribution in [0.2, 0.25) is 0 Å². The number of likely N-dealkylation sites (tertiary alicyclic amines) is 1. The molecule has 1 aliphatic rings. The molecule has 0 aliphatic carbocycles. The van der Waals surface area contributed by atoms with E-state index >= 15 is 0 Å². The number of thiazole rings is 1. The molecule has 0 bridgehead atoms. The molecule has 1 aromatic heterocycles. The molecule has 2 heterocycles. The number of aromatic nitrogens is 1. The normalized spacial score (nSPS) is 15.8. The van der Waals surface area contributed by atoms with Crippen LogP contribution in [0, 0.1) is 10.8 Å². The van der Waals surface area contributed by atoms with Crippen LogP contribution in [0.4, 0.5) is 0 Å². The molecule has 3 aromatic rings. The molecule has 0 unspecified atom stereocenters. The van der Waals surface area contributed by atoms with Gasteiger partial charge in [-0.2, -0.15) is 0 Å². The Morgan fingerprint density at radius 3 is 2.50 bits per heavy atom. The first kappa shape index (κ1) is 31.3. The van der Waals surface area contributed by atoms with Crippen LogP contribution in [0.15, 0.2) is 77.2 Å². The van der Waals surface area contributed by atoms with Gasteiger partial charge in [-0.15, -0.1) is 11.3 Å². The Kier molecular flexibility index (Phi) is 11.6. The Morgan fingerprint density at radius 2 is 1.81 bits per heavy atom. The first-order valence-electron chi connectivity index (χ1n) is 14.7. The molecule has 8 heteroatoms. The van der Waals surface area contributed by atoms with E-state index in [0.717, 1.165) is 59.1 Å². The summed E-state index contributed by atoms with van der Waals surface area (Å²) in [6, 6.07) is 17.7. The van der Waals surface area contributed by atoms with Gasteiger partial charge in [0.05, 0.1) is 12.3 Å². The van der Waals surface area contributed by atoms with Gasteiger partial charge >= 0.3 is 5.97 Å². The Labute approximate surface area is 253 Å². The molecule has 4 rings (SSSR count). The van der Waals surface area contributed by atoms with Gasteiger partial charge in [-0.3, -0.25) is 0 Å². The first-order chi connectivity index (χ1) is 20.3. The zero-order valence-electron chi connectivity index (χ0n) is 25.1. The molecule has 222 valence electrons. The van der Waals surface area contributed by atoms with Gasteiger partial charge in [0.2, 0.25) is 0 Å². The number of carbonyl (C=O) groups is 1. The van der Waals surface area contributed by atoms with Crippen molar-refractivity contribution < 1.29 is 19.0 Å². The summed E-state index contributed by atoms with van der Waals surface area (Å²) >= 11 is 1.51. The third-order valence-electron chi connectivity index (χ3n) is 7.47. The number of piperidine rings is 1. The van der Waals surface area contributed by atoms with Gasteiger partial charge in [0.25, 0.3) is 6.04 Å². The predicted octanol–water partition coefficient (Wildman–Crippen LogP) is 7.04. The smallest absolute Gasteiger partial charge is 0.333 e. The summed E-state index contributed by atoms with van der Waals surface area (Å²) in [4.78, 5) is 32.9.